The van der Waals surface area contributed by atoms with Crippen LogP contribution in [0.1, 0.15) is 32.4 Å². The molecule has 0 unspecified atom stereocenters. The first kappa shape index (κ1) is 15.6. The van der Waals surface area contributed by atoms with E-state index in [2.05, 4.69) is 16.4 Å². The third kappa shape index (κ3) is 3.44. The summed E-state index contributed by atoms with van der Waals surface area (Å²) in [7, 11) is 1.65. The molecule has 6 nitrogen and oxygen atoms in total. The Morgan fingerprint density at radius 3 is 3.00 bits per heavy atom. The van der Waals surface area contributed by atoms with Gasteiger partial charge in [-0.2, -0.15) is 0 Å². The molecular formula is C15H24N4O2. The van der Waals surface area contributed by atoms with Crippen molar-refractivity contribution >= 4 is 12.0 Å². The summed E-state index contributed by atoms with van der Waals surface area (Å²) < 4.78 is 7.01. The van der Waals surface area contributed by atoms with Crippen LogP contribution in [0.15, 0.2) is 0 Å². The van der Waals surface area contributed by atoms with Crippen molar-refractivity contribution in [3.05, 3.63) is 21.9 Å². The predicted molar refractivity (Wildman–Crippen MR) is 80.9 cm³/mol. The highest BCUT2D eigenvalue weighted by molar-refractivity contribution is 5.31. The van der Waals surface area contributed by atoms with Gasteiger partial charge in [-0.3, -0.25) is 5.41 Å². The minimum atomic E-state index is -0.0328. The molecule has 0 aliphatic heterocycles. The SMILES string of the molecule is COCCn1c2c(n/c(=C(/O)NC(C)C)c1=N)CCCC=2. The Morgan fingerprint density at radius 2 is 2.33 bits per heavy atom. The van der Waals surface area contributed by atoms with Crippen molar-refractivity contribution in [2.75, 3.05) is 13.7 Å². The maximum atomic E-state index is 10.2. The monoisotopic (exact) mass is 292 g/mol. The van der Waals surface area contributed by atoms with Gasteiger partial charge in [-0.25, -0.2) is 4.98 Å². The van der Waals surface area contributed by atoms with Crippen molar-refractivity contribution in [1.82, 2.24) is 14.9 Å². The quantitative estimate of drug-likeness (QED) is 0.699. The molecule has 1 aliphatic rings. The summed E-state index contributed by atoms with van der Waals surface area (Å²) >= 11 is 0. The Hall–Kier alpha value is -1.82. The molecule has 116 valence electrons. The zero-order chi connectivity index (χ0) is 15.4. The summed E-state index contributed by atoms with van der Waals surface area (Å²) in [6.07, 6.45) is 5.05. The van der Waals surface area contributed by atoms with E-state index in [1.54, 1.807) is 7.11 Å². The lowest BCUT2D eigenvalue weighted by Gasteiger charge is -2.16. The number of aryl methyl sites for hydroxylation is 1. The van der Waals surface area contributed by atoms with Crippen LogP contribution >= 0.6 is 0 Å². The molecule has 6 heteroatoms. The molecule has 0 radical (unpaired) electrons. The zero-order valence-corrected chi connectivity index (χ0v) is 12.9. The van der Waals surface area contributed by atoms with E-state index in [-0.39, 0.29) is 17.4 Å². The molecule has 0 saturated carbocycles. The molecule has 1 aromatic rings. The summed E-state index contributed by atoms with van der Waals surface area (Å²) in [5.41, 5.74) is 1.16. The second-order valence-electron chi connectivity index (χ2n) is 5.53. The van der Waals surface area contributed by atoms with Gasteiger partial charge >= 0.3 is 0 Å². The molecule has 0 saturated heterocycles. The fourth-order valence-corrected chi connectivity index (χ4v) is 2.49. The molecule has 3 N–H and O–H groups in total. The van der Waals surface area contributed by atoms with Crippen molar-refractivity contribution < 1.29 is 9.84 Å². The Kier molecular flexibility index (Phi) is 5.01. The molecule has 0 bridgehead atoms. The lowest BCUT2D eigenvalue weighted by molar-refractivity contribution is 0.184. The summed E-state index contributed by atoms with van der Waals surface area (Å²) in [5, 5.41) is 22.8. The third-order valence-corrected chi connectivity index (χ3v) is 3.45. The van der Waals surface area contributed by atoms with Gasteiger partial charge in [0, 0.05) is 19.7 Å². The summed E-state index contributed by atoms with van der Waals surface area (Å²) in [4.78, 5) is 4.50. The third-order valence-electron chi connectivity index (χ3n) is 3.45. The van der Waals surface area contributed by atoms with E-state index in [4.69, 9.17) is 10.1 Å². The lowest BCUT2D eigenvalue weighted by Crippen LogP contribution is -2.50. The number of nitrogens with one attached hydrogen (secondary N) is 2. The van der Waals surface area contributed by atoms with E-state index in [0.29, 0.717) is 18.5 Å². The Balaban J connectivity index is 2.67. The van der Waals surface area contributed by atoms with E-state index in [1.807, 2.05) is 18.4 Å². The van der Waals surface area contributed by atoms with E-state index < -0.39 is 0 Å². The highest BCUT2D eigenvalue weighted by atomic mass is 16.5. The Bertz CT molecular complexity index is 676. The van der Waals surface area contributed by atoms with E-state index in [0.717, 1.165) is 30.3 Å². The molecule has 0 atom stereocenters. The van der Waals surface area contributed by atoms with Gasteiger partial charge in [0.1, 0.15) is 0 Å². The van der Waals surface area contributed by atoms with Gasteiger partial charge in [0.2, 0.25) is 5.88 Å². The number of aromatic nitrogens is 2. The predicted octanol–water partition coefficient (Wildman–Crippen LogP) is -0.253. The van der Waals surface area contributed by atoms with Crippen LogP contribution in [0.4, 0.5) is 0 Å². The normalized spacial score (nSPS) is 15.4. The highest BCUT2D eigenvalue weighted by Gasteiger charge is 2.12. The number of rotatable bonds is 5. The molecule has 2 rings (SSSR count). The second kappa shape index (κ2) is 6.76. The topological polar surface area (TPSA) is 83.2 Å². The molecular weight excluding hydrogens is 268 g/mol. The number of ether oxygens (including phenoxy) is 1. The van der Waals surface area contributed by atoms with Crippen molar-refractivity contribution in [3.63, 3.8) is 0 Å². The van der Waals surface area contributed by atoms with Gasteiger partial charge in [0.25, 0.3) is 0 Å². The molecule has 21 heavy (non-hydrogen) atoms. The average molecular weight is 292 g/mol. The number of fused-ring (bicyclic) bond motifs is 1. The highest BCUT2D eigenvalue weighted by Crippen LogP contribution is 2.02. The second-order valence-corrected chi connectivity index (χ2v) is 5.53. The molecule has 1 heterocycles. The molecule has 0 spiro atoms. The molecule has 1 aliphatic carbocycles. The Labute approximate surface area is 124 Å². The zero-order valence-electron chi connectivity index (χ0n) is 12.9. The van der Waals surface area contributed by atoms with Crippen LogP contribution in [-0.4, -0.2) is 34.4 Å². The summed E-state index contributed by atoms with van der Waals surface area (Å²) in [6.45, 7) is 4.98. The van der Waals surface area contributed by atoms with Crippen LogP contribution in [0.3, 0.4) is 0 Å². The van der Waals surface area contributed by atoms with Gasteiger partial charge in [0.05, 0.1) is 17.6 Å². The smallest absolute Gasteiger partial charge is 0.214 e. The molecule has 1 aromatic heterocycles. The molecule has 0 fully saturated rings. The van der Waals surface area contributed by atoms with Crippen LogP contribution in [0.5, 0.6) is 0 Å². The maximum Gasteiger partial charge on any atom is 0.214 e. The fourth-order valence-electron chi connectivity index (χ4n) is 2.49. The van der Waals surface area contributed by atoms with Gasteiger partial charge in [-0.1, -0.05) is 6.08 Å². The van der Waals surface area contributed by atoms with Crippen LogP contribution in [-0.2, 0) is 17.7 Å². The van der Waals surface area contributed by atoms with Gasteiger partial charge < -0.3 is 19.7 Å². The minimum Gasteiger partial charge on any atom is -0.493 e. The van der Waals surface area contributed by atoms with Crippen LogP contribution in [0.2, 0.25) is 0 Å². The van der Waals surface area contributed by atoms with Crippen molar-refractivity contribution in [2.45, 2.75) is 45.7 Å². The van der Waals surface area contributed by atoms with Gasteiger partial charge in [0.15, 0.2) is 10.8 Å². The fraction of sp³-hybridized carbons (Fsp3) is 0.600. The first-order valence-electron chi connectivity index (χ1n) is 7.38. The first-order chi connectivity index (χ1) is 10.0. The maximum absolute atomic E-state index is 10.2. The number of methoxy groups -OCH3 is 1. The largest absolute Gasteiger partial charge is 0.493 e. The number of hydrogen-bond acceptors (Lipinski definition) is 5. The van der Waals surface area contributed by atoms with Crippen LogP contribution in [0.25, 0.3) is 12.0 Å². The first-order valence-corrected chi connectivity index (χ1v) is 7.38. The van der Waals surface area contributed by atoms with Gasteiger partial charge in [-0.05, 0) is 33.1 Å². The number of aliphatic hydroxyl groups is 1. The van der Waals surface area contributed by atoms with Crippen molar-refractivity contribution in [1.29, 1.82) is 5.41 Å². The lowest BCUT2D eigenvalue weighted by atomic mass is 10.1. The van der Waals surface area contributed by atoms with Crippen molar-refractivity contribution in [2.24, 2.45) is 0 Å². The van der Waals surface area contributed by atoms with E-state index in [1.165, 1.54) is 0 Å². The van der Waals surface area contributed by atoms with Gasteiger partial charge in [-0.15, -0.1) is 0 Å². The van der Waals surface area contributed by atoms with E-state index in [9.17, 15) is 5.11 Å². The number of hydrogen-bond donors (Lipinski definition) is 3. The van der Waals surface area contributed by atoms with E-state index >= 15 is 0 Å². The molecule has 0 aromatic carbocycles. The Morgan fingerprint density at radius 1 is 1.57 bits per heavy atom. The standard InChI is InChI=1S/C15H24N4O2/c1-10(2)17-15(20)13-14(16)19(8-9-21-3)12-7-5-4-6-11(12)18-13/h7,10,16-17,20H,4-6,8-9H2,1-3H3/b15-13+,16-14?. The average Bonchev–Trinajstić information content (AvgIpc) is 2.45. The minimum absolute atomic E-state index is 0.0328. The number of aliphatic hydroxyl groups excluding tert-OH is 1. The van der Waals surface area contributed by atoms with Crippen LogP contribution < -0.4 is 21.5 Å². The van der Waals surface area contributed by atoms with Crippen molar-refractivity contribution in [3.8, 4) is 0 Å². The summed E-state index contributed by atoms with van der Waals surface area (Å²) in [6, 6.07) is 0.0845. The summed E-state index contributed by atoms with van der Waals surface area (Å²) in [5.74, 6) is -0.0328. The van der Waals surface area contributed by atoms with Crippen LogP contribution in [0, 0.1) is 5.41 Å². The molecule has 0 amide bonds. The number of nitrogens with zero attached hydrogens (tertiary/aromatic N) is 2.